The van der Waals surface area contributed by atoms with Crippen molar-refractivity contribution in [1.82, 2.24) is 10.2 Å². The fraction of sp³-hybridized carbons (Fsp3) is 0.431. The normalized spacial score (nSPS) is 35.2. The van der Waals surface area contributed by atoms with Gasteiger partial charge in [0.25, 0.3) is 0 Å². The summed E-state index contributed by atoms with van der Waals surface area (Å²) in [5.74, 6) is 4.13. The summed E-state index contributed by atoms with van der Waals surface area (Å²) in [5.41, 5.74) is 11.7. The third-order valence-corrected chi connectivity index (χ3v) is 14.6. The van der Waals surface area contributed by atoms with Gasteiger partial charge in [0.2, 0.25) is 0 Å². The number of allylic oxidation sites excluding steroid dienone is 15. The molecule has 0 amide bonds. The van der Waals surface area contributed by atoms with Crippen molar-refractivity contribution in [2.45, 2.75) is 109 Å². The molecule has 0 bridgehead atoms. The molecule has 7 unspecified atom stereocenters. The van der Waals surface area contributed by atoms with Gasteiger partial charge in [-0.15, -0.1) is 0 Å². The van der Waals surface area contributed by atoms with E-state index in [0.717, 1.165) is 80.8 Å². The second-order valence-electron chi connectivity index (χ2n) is 17.9. The lowest BCUT2D eigenvalue weighted by Crippen LogP contribution is -2.48. The lowest BCUT2D eigenvalue weighted by molar-refractivity contribution is 0.103. The van der Waals surface area contributed by atoms with Gasteiger partial charge in [-0.2, -0.15) is 0 Å². The molecule has 8 atom stereocenters. The van der Waals surface area contributed by atoms with Gasteiger partial charge >= 0.3 is 0 Å². The minimum Gasteiger partial charge on any atom is -0.489 e. The first kappa shape index (κ1) is 35.2. The molecular formula is C51H55N5O. The first-order valence-electron chi connectivity index (χ1n) is 22.0. The molecule has 0 saturated carbocycles. The number of ether oxygens (including phenoxy) is 1. The third kappa shape index (κ3) is 6.08. The topological polar surface area (TPSA) is 61.6 Å². The van der Waals surface area contributed by atoms with E-state index in [0.29, 0.717) is 5.92 Å². The largest absolute Gasteiger partial charge is 0.489 e. The van der Waals surface area contributed by atoms with Crippen LogP contribution in [0, 0.1) is 29.1 Å². The van der Waals surface area contributed by atoms with E-state index in [-0.39, 0.29) is 41.5 Å². The number of amidine groups is 2. The quantitative estimate of drug-likeness (QED) is 0.315. The second kappa shape index (κ2) is 14.4. The summed E-state index contributed by atoms with van der Waals surface area (Å²) in [6.07, 6.45) is 44.2. The predicted octanol–water partition coefficient (Wildman–Crippen LogP) is 11.2. The summed E-state index contributed by atoms with van der Waals surface area (Å²) in [6, 6.07) is 10.6. The van der Waals surface area contributed by atoms with Crippen molar-refractivity contribution in [3.05, 3.63) is 154 Å². The van der Waals surface area contributed by atoms with E-state index in [4.69, 9.17) is 19.7 Å². The van der Waals surface area contributed by atoms with Gasteiger partial charge in [-0.1, -0.05) is 103 Å². The van der Waals surface area contributed by atoms with E-state index in [1.807, 2.05) is 0 Å². The summed E-state index contributed by atoms with van der Waals surface area (Å²) < 4.78 is 7.35. The molecule has 4 heterocycles. The molecule has 0 saturated heterocycles. The van der Waals surface area contributed by atoms with Crippen LogP contribution < -0.4 is 5.32 Å². The lowest BCUT2D eigenvalue weighted by atomic mass is 9.69. The van der Waals surface area contributed by atoms with Gasteiger partial charge in [-0.25, -0.2) is 9.98 Å². The van der Waals surface area contributed by atoms with Crippen LogP contribution in [0.15, 0.2) is 163 Å². The Hall–Kier alpha value is -4.97. The van der Waals surface area contributed by atoms with E-state index in [1.54, 1.807) is 11.3 Å². The van der Waals surface area contributed by atoms with Crippen molar-refractivity contribution in [3.8, 4) is 0 Å². The molecule has 57 heavy (non-hydrogen) atoms. The molecule has 6 heteroatoms. The number of rotatable bonds is 6. The van der Waals surface area contributed by atoms with Crippen molar-refractivity contribution in [2.24, 2.45) is 44.1 Å². The smallest absolute Gasteiger partial charge is 0.169 e. The standard InChI is InChI=1S/C51H55N5O/c1-51-28-15-14-27-45(51)56(37-23-12-5-13-24-37)43-30-40-38-25-16-26-39(47(38)57-44(40)31-42(43)51)46-41(29-36(32-52-46)33-17-6-2-7-18-33)50-54-48(34-19-8-3-9-20-34)53-49(55-50)35-21-10-4-11-22-35/h2-4,6,8-11,14-15,17,19-21,23,26-27,32,35-36,40-41,44,46,48H,5,7,12-13,16,18,22,24-25,28-31H2,1H3,(H,53,54,55)/t35?,36?,40?,41?,44?,46?,48-,51?/m1/s1. The van der Waals surface area contributed by atoms with Crippen LogP contribution in [0.3, 0.4) is 0 Å². The van der Waals surface area contributed by atoms with Gasteiger partial charge in [-0.3, -0.25) is 4.99 Å². The average Bonchev–Trinajstić information content (AvgIpc) is 3.78. The Morgan fingerprint density at radius 2 is 1.74 bits per heavy atom. The van der Waals surface area contributed by atoms with Crippen LogP contribution in [0.4, 0.5) is 0 Å². The summed E-state index contributed by atoms with van der Waals surface area (Å²) in [7, 11) is 0. The highest BCUT2D eigenvalue weighted by Gasteiger charge is 2.54. The minimum atomic E-state index is -0.287. The highest BCUT2D eigenvalue weighted by Crippen LogP contribution is 2.61. The Bertz CT molecular complexity index is 2250. The van der Waals surface area contributed by atoms with Gasteiger partial charge in [0.05, 0.1) is 6.04 Å². The van der Waals surface area contributed by atoms with Crippen molar-refractivity contribution in [1.29, 1.82) is 0 Å². The van der Waals surface area contributed by atoms with Crippen LogP contribution in [0.2, 0.25) is 0 Å². The molecule has 4 aliphatic heterocycles. The summed E-state index contributed by atoms with van der Waals surface area (Å²) in [6.45, 7) is 2.50. The molecule has 0 fully saturated rings. The first-order chi connectivity index (χ1) is 28.1. The zero-order valence-electron chi connectivity index (χ0n) is 33.3. The average molecular weight is 754 g/mol. The summed E-state index contributed by atoms with van der Waals surface area (Å²) in [5, 5.41) is 3.88. The summed E-state index contributed by atoms with van der Waals surface area (Å²) in [4.78, 5) is 19.1. The Morgan fingerprint density at radius 1 is 0.825 bits per heavy atom. The van der Waals surface area contributed by atoms with Crippen LogP contribution >= 0.6 is 0 Å². The maximum Gasteiger partial charge on any atom is 0.169 e. The fourth-order valence-corrected chi connectivity index (χ4v) is 11.6. The minimum absolute atomic E-state index is 0.0396. The molecule has 0 radical (unpaired) electrons. The number of aliphatic imine (C=N–C) groups is 3. The first-order valence-corrected chi connectivity index (χ1v) is 22.0. The van der Waals surface area contributed by atoms with Crippen LogP contribution in [0.25, 0.3) is 0 Å². The fourth-order valence-electron chi connectivity index (χ4n) is 11.6. The zero-order chi connectivity index (χ0) is 37.9. The second-order valence-corrected chi connectivity index (χ2v) is 17.9. The predicted molar refractivity (Wildman–Crippen MR) is 231 cm³/mol. The van der Waals surface area contributed by atoms with Crippen molar-refractivity contribution >= 4 is 17.9 Å². The number of hydrogen-bond donors (Lipinski definition) is 1. The molecule has 290 valence electrons. The molecule has 11 rings (SSSR count). The molecular weight excluding hydrogens is 699 g/mol. The van der Waals surface area contributed by atoms with E-state index >= 15 is 0 Å². The zero-order valence-corrected chi connectivity index (χ0v) is 33.3. The Morgan fingerprint density at radius 3 is 2.58 bits per heavy atom. The maximum absolute atomic E-state index is 7.35. The third-order valence-electron chi connectivity index (χ3n) is 14.6. The van der Waals surface area contributed by atoms with Gasteiger partial charge in [0.1, 0.15) is 23.5 Å². The van der Waals surface area contributed by atoms with Gasteiger partial charge in [-0.05, 0) is 107 Å². The van der Waals surface area contributed by atoms with Crippen LogP contribution in [0.5, 0.6) is 0 Å². The van der Waals surface area contributed by atoms with Crippen molar-refractivity contribution in [2.75, 3.05) is 0 Å². The highest BCUT2D eigenvalue weighted by atomic mass is 16.5. The van der Waals surface area contributed by atoms with Crippen LogP contribution in [-0.4, -0.2) is 34.9 Å². The van der Waals surface area contributed by atoms with Gasteiger partial charge in [0, 0.05) is 64.4 Å². The molecule has 1 aromatic carbocycles. The lowest BCUT2D eigenvalue weighted by Gasteiger charge is -2.38. The molecule has 0 aromatic heterocycles. The van der Waals surface area contributed by atoms with Crippen molar-refractivity contribution in [3.63, 3.8) is 0 Å². The molecule has 10 aliphatic rings. The van der Waals surface area contributed by atoms with E-state index in [9.17, 15) is 0 Å². The maximum atomic E-state index is 7.35. The number of benzene rings is 1. The van der Waals surface area contributed by atoms with E-state index < -0.39 is 0 Å². The van der Waals surface area contributed by atoms with E-state index in [1.165, 1.54) is 53.8 Å². The molecule has 0 spiro atoms. The SMILES string of the molecule is CC12CC=CC=C1N(C1=CCCCC1)C1=C2CC2OC3=C(CCC=C3C3N=CC(C4=CC=CCC4)CC3C3=N[C@H](c4ccccc4)N=C(C4C=CC=CC4)N3)C2C1. The van der Waals surface area contributed by atoms with Gasteiger partial charge < -0.3 is 15.0 Å². The molecule has 6 aliphatic carbocycles. The van der Waals surface area contributed by atoms with Gasteiger partial charge in [0.15, 0.2) is 6.17 Å². The highest BCUT2D eigenvalue weighted by molar-refractivity contribution is 6.05. The number of fused-ring (bicyclic) bond motifs is 4. The molecule has 1 N–H and O–H groups in total. The van der Waals surface area contributed by atoms with Crippen LogP contribution in [0.1, 0.15) is 102 Å². The Kier molecular flexibility index (Phi) is 8.92. The van der Waals surface area contributed by atoms with Crippen molar-refractivity contribution < 1.29 is 4.74 Å². The summed E-state index contributed by atoms with van der Waals surface area (Å²) >= 11 is 0. The monoisotopic (exact) mass is 753 g/mol. The Balaban J connectivity index is 0.952. The number of hydrogen-bond acceptors (Lipinski definition) is 6. The number of nitrogens with one attached hydrogen (secondary N) is 1. The Labute approximate surface area is 338 Å². The van der Waals surface area contributed by atoms with E-state index in [2.05, 4.69) is 127 Å². The molecule has 1 aromatic rings. The van der Waals surface area contributed by atoms with Crippen LogP contribution in [-0.2, 0) is 4.74 Å². The molecule has 6 nitrogen and oxygen atoms in total. The number of nitrogens with zero attached hydrogens (tertiary/aromatic N) is 4.